The lowest BCUT2D eigenvalue weighted by Crippen LogP contribution is -2.33. The Bertz CT molecular complexity index is 561. The smallest absolute Gasteiger partial charge is 0.186 e. The fraction of sp³-hybridized carbons (Fsp3) is 0.400. The number of nitrogens with zero attached hydrogens (tertiary/aromatic N) is 5. The van der Waals surface area contributed by atoms with Crippen molar-refractivity contribution in [1.82, 2.24) is 19.7 Å². The van der Waals surface area contributed by atoms with E-state index in [0.717, 1.165) is 36.0 Å². The predicted octanol–water partition coefficient (Wildman–Crippen LogP) is 0.876. The fourth-order valence-electron chi connectivity index (χ4n) is 1.87. The number of aryl methyl sites for hydroxylation is 1. The van der Waals surface area contributed by atoms with E-state index in [1.165, 1.54) is 11.3 Å². The molecule has 0 radical (unpaired) electrons. The molecule has 0 bridgehead atoms. The number of aromatic nitrogens is 4. The van der Waals surface area contributed by atoms with E-state index in [-0.39, 0.29) is 0 Å². The van der Waals surface area contributed by atoms with Gasteiger partial charge < -0.3 is 9.47 Å². The number of hydrogen-bond acceptors (Lipinski definition) is 6. The zero-order valence-electron chi connectivity index (χ0n) is 9.33. The van der Waals surface area contributed by atoms with Gasteiger partial charge in [0.05, 0.1) is 17.1 Å². The molecule has 88 valence electrons. The van der Waals surface area contributed by atoms with E-state index in [1.807, 2.05) is 11.5 Å². The highest BCUT2D eigenvalue weighted by molar-refractivity contribution is 7.17. The highest BCUT2D eigenvalue weighted by Gasteiger charge is 2.20. The van der Waals surface area contributed by atoms with Gasteiger partial charge in [-0.15, -0.1) is 10.2 Å². The molecular formula is C10H11N5OS. The molecule has 17 heavy (non-hydrogen) atoms. The number of fused-ring (bicyclic) bond motifs is 1. The first-order valence-corrected chi connectivity index (χ1v) is 6.14. The van der Waals surface area contributed by atoms with Crippen LogP contribution >= 0.6 is 11.3 Å². The molecule has 0 saturated carbocycles. The number of hydrogen-bond donors (Lipinski definition) is 0. The van der Waals surface area contributed by atoms with Crippen LogP contribution in [0.25, 0.3) is 0 Å². The van der Waals surface area contributed by atoms with Crippen molar-refractivity contribution in [2.75, 3.05) is 11.4 Å². The Morgan fingerprint density at radius 1 is 1.47 bits per heavy atom. The van der Waals surface area contributed by atoms with Crippen LogP contribution in [-0.2, 0) is 13.1 Å². The lowest BCUT2D eigenvalue weighted by molar-refractivity contribution is 0.112. The second-order valence-electron chi connectivity index (χ2n) is 3.93. The first-order valence-electron chi connectivity index (χ1n) is 5.32. The predicted molar refractivity (Wildman–Crippen MR) is 63.3 cm³/mol. The first kappa shape index (κ1) is 10.4. The molecule has 0 fully saturated rings. The number of thiazole rings is 1. The molecule has 2 aromatic heterocycles. The molecular weight excluding hydrogens is 238 g/mol. The lowest BCUT2D eigenvalue weighted by atomic mass is 10.4. The summed E-state index contributed by atoms with van der Waals surface area (Å²) < 4.78 is 2.04. The zero-order valence-corrected chi connectivity index (χ0v) is 10.1. The molecule has 1 aliphatic rings. The van der Waals surface area contributed by atoms with Gasteiger partial charge in [0.15, 0.2) is 17.2 Å². The largest absolute Gasteiger partial charge is 0.339 e. The Hall–Kier alpha value is -1.76. The fourth-order valence-corrected chi connectivity index (χ4v) is 2.77. The molecule has 0 saturated heterocycles. The number of carbonyl (C=O) groups is 1. The average Bonchev–Trinajstić information content (AvgIpc) is 2.93. The van der Waals surface area contributed by atoms with Crippen LogP contribution in [0, 0.1) is 6.92 Å². The maximum atomic E-state index is 10.8. The molecule has 0 spiro atoms. The molecule has 3 rings (SSSR count). The summed E-state index contributed by atoms with van der Waals surface area (Å²) in [5.41, 5.74) is 0.798. The van der Waals surface area contributed by atoms with Crippen LogP contribution in [-0.4, -0.2) is 32.6 Å². The third-order valence-electron chi connectivity index (χ3n) is 2.84. The van der Waals surface area contributed by atoms with Crippen LogP contribution in [0.5, 0.6) is 0 Å². The summed E-state index contributed by atoms with van der Waals surface area (Å²) in [6.07, 6.45) is 2.61. The molecule has 0 unspecified atom stereocenters. The first-order chi connectivity index (χ1) is 8.28. The molecule has 0 atom stereocenters. The van der Waals surface area contributed by atoms with E-state index >= 15 is 0 Å². The highest BCUT2D eigenvalue weighted by atomic mass is 32.1. The molecule has 6 nitrogen and oxygen atoms in total. The van der Waals surface area contributed by atoms with E-state index in [4.69, 9.17) is 0 Å². The molecule has 0 amide bonds. The van der Waals surface area contributed by atoms with Crippen LogP contribution in [0.1, 0.15) is 21.2 Å². The summed E-state index contributed by atoms with van der Waals surface area (Å²) in [4.78, 5) is 18.1. The van der Waals surface area contributed by atoms with Gasteiger partial charge in [0.2, 0.25) is 0 Å². The van der Waals surface area contributed by atoms with Gasteiger partial charge in [-0.25, -0.2) is 4.98 Å². The van der Waals surface area contributed by atoms with E-state index in [2.05, 4.69) is 20.1 Å². The van der Waals surface area contributed by atoms with Crippen molar-refractivity contribution in [3.63, 3.8) is 0 Å². The monoisotopic (exact) mass is 249 g/mol. The number of aldehydes is 1. The van der Waals surface area contributed by atoms with Gasteiger partial charge in [0.1, 0.15) is 6.33 Å². The summed E-state index contributed by atoms with van der Waals surface area (Å²) >= 11 is 1.43. The second-order valence-corrected chi connectivity index (χ2v) is 4.94. The maximum Gasteiger partial charge on any atom is 0.186 e. The van der Waals surface area contributed by atoms with Crippen molar-refractivity contribution >= 4 is 22.8 Å². The zero-order chi connectivity index (χ0) is 11.8. The molecule has 7 heteroatoms. The van der Waals surface area contributed by atoms with Crippen molar-refractivity contribution in [2.45, 2.75) is 20.0 Å². The molecule has 1 aliphatic heterocycles. The minimum absolute atomic E-state index is 0.700. The Labute approximate surface area is 102 Å². The van der Waals surface area contributed by atoms with Gasteiger partial charge in [-0.2, -0.15) is 0 Å². The SMILES string of the molecule is Cc1nc(N2CCn3cnnc3C2)sc1C=O. The van der Waals surface area contributed by atoms with Gasteiger partial charge >= 0.3 is 0 Å². The molecule has 0 aromatic carbocycles. The Morgan fingerprint density at radius 2 is 2.35 bits per heavy atom. The third kappa shape index (κ3) is 1.72. The van der Waals surface area contributed by atoms with Crippen LogP contribution in [0.4, 0.5) is 5.13 Å². The van der Waals surface area contributed by atoms with Crippen LogP contribution in [0.2, 0.25) is 0 Å². The van der Waals surface area contributed by atoms with Crippen molar-refractivity contribution in [3.05, 3.63) is 22.7 Å². The Morgan fingerprint density at radius 3 is 3.12 bits per heavy atom. The van der Waals surface area contributed by atoms with Crippen LogP contribution in [0.3, 0.4) is 0 Å². The minimum atomic E-state index is 0.700. The van der Waals surface area contributed by atoms with Gasteiger partial charge in [-0.05, 0) is 6.92 Å². The summed E-state index contributed by atoms with van der Waals surface area (Å²) in [7, 11) is 0. The maximum absolute atomic E-state index is 10.8. The molecule has 0 aliphatic carbocycles. The minimum Gasteiger partial charge on any atom is -0.339 e. The van der Waals surface area contributed by atoms with Crippen molar-refractivity contribution in [2.24, 2.45) is 0 Å². The van der Waals surface area contributed by atoms with Crippen molar-refractivity contribution < 1.29 is 4.79 Å². The topological polar surface area (TPSA) is 63.9 Å². The number of anilines is 1. The Balaban J connectivity index is 1.88. The molecule has 0 N–H and O–H groups in total. The van der Waals surface area contributed by atoms with E-state index in [9.17, 15) is 4.79 Å². The van der Waals surface area contributed by atoms with Gasteiger partial charge in [0, 0.05) is 13.1 Å². The third-order valence-corrected chi connectivity index (χ3v) is 3.98. The highest BCUT2D eigenvalue weighted by Crippen LogP contribution is 2.27. The number of carbonyl (C=O) groups excluding carboxylic acids is 1. The summed E-state index contributed by atoms with van der Waals surface area (Å²) in [5.74, 6) is 0.941. The summed E-state index contributed by atoms with van der Waals surface area (Å²) in [6.45, 7) is 4.29. The quantitative estimate of drug-likeness (QED) is 0.739. The molecule has 3 heterocycles. The summed E-state index contributed by atoms with van der Waals surface area (Å²) in [6, 6.07) is 0. The van der Waals surface area contributed by atoms with Crippen LogP contribution < -0.4 is 4.90 Å². The van der Waals surface area contributed by atoms with Crippen molar-refractivity contribution in [3.8, 4) is 0 Å². The van der Waals surface area contributed by atoms with Crippen molar-refractivity contribution in [1.29, 1.82) is 0 Å². The van der Waals surface area contributed by atoms with E-state index in [1.54, 1.807) is 6.33 Å². The number of rotatable bonds is 2. The standard InChI is InChI=1S/C10H11N5OS/c1-7-8(5-16)17-10(12-7)14-2-3-15-6-11-13-9(15)4-14/h5-6H,2-4H2,1H3. The van der Waals surface area contributed by atoms with E-state index < -0.39 is 0 Å². The van der Waals surface area contributed by atoms with Gasteiger partial charge in [-0.3, -0.25) is 4.79 Å². The van der Waals surface area contributed by atoms with E-state index in [0.29, 0.717) is 11.4 Å². The lowest BCUT2D eigenvalue weighted by Gasteiger charge is -2.26. The van der Waals surface area contributed by atoms with Crippen LogP contribution in [0.15, 0.2) is 6.33 Å². The molecule has 2 aromatic rings. The Kier molecular flexibility index (Phi) is 2.40. The second kappa shape index (κ2) is 3.92. The summed E-state index contributed by atoms with van der Waals surface area (Å²) in [5, 5.41) is 8.83. The average molecular weight is 249 g/mol. The van der Waals surface area contributed by atoms with Gasteiger partial charge in [0.25, 0.3) is 0 Å². The normalized spacial score (nSPS) is 14.8. The van der Waals surface area contributed by atoms with Gasteiger partial charge in [-0.1, -0.05) is 11.3 Å².